The van der Waals surface area contributed by atoms with Crippen molar-refractivity contribution in [3.05, 3.63) is 53.1 Å². The van der Waals surface area contributed by atoms with Crippen molar-refractivity contribution >= 4 is 11.6 Å². The van der Waals surface area contributed by atoms with Crippen LogP contribution >= 0.6 is 0 Å². The van der Waals surface area contributed by atoms with E-state index >= 15 is 0 Å². The van der Waals surface area contributed by atoms with E-state index in [0.29, 0.717) is 19.0 Å². The molecule has 2 aliphatic rings. The minimum Gasteiger partial charge on any atom is -0.378 e. The minimum atomic E-state index is 0.0790. The summed E-state index contributed by atoms with van der Waals surface area (Å²) in [5.41, 5.74) is 4.03. The Morgan fingerprint density at radius 1 is 1.11 bits per heavy atom. The van der Waals surface area contributed by atoms with Gasteiger partial charge in [-0.25, -0.2) is 9.97 Å². The Bertz CT molecular complexity index is 841. The third-order valence-electron chi connectivity index (χ3n) is 5.95. The first-order valence-electron chi connectivity index (χ1n) is 10.1. The van der Waals surface area contributed by atoms with Crippen molar-refractivity contribution in [3.63, 3.8) is 0 Å². The average Bonchev–Trinajstić information content (AvgIpc) is 2.73. The summed E-state index contributed by atoms with van der Waals surface area (Å²) in [5, 5.41) is 0. The van der Waals surface area contributed by atoms with Crippen molar-refractivity contribution < 1.29 is 4.79 Å². The Morgan fingerprint density at radius 2 is 1.82 bits per heavy atom. The number of aromatic nitrogens is 2. The number of rotatable bonds is 3. The van der Waals surface area contributed by atoms with Gasteiger partial charge in [0.2, 0.25) is 0 Å². The first-order chi connectivity index (χ1) is 13.5. The second-order valence-corrected chi connectivity index (χ2v) is 8.20. The monoisotopic (exact) mass is 379 g/mol. The van der Waals surface area contributed by atoms with E-state index in [-0.39, 0.29) is 5.91 Å². The van der Waals surface area contributed by atoms with Gasteiger partial charge in [0.15, 0.2) is 0 Å². The Morgan fingerprint density at radius 3 is 2.50 bits per heavy atom. The molecule has 28 heavy (non-hydrogen) atoms. The van der Waals surface area contributed by atoms with Crippen LogP contribution in [0.5, 0.6) is 0 Å². The molecule has 0 atom stereocenters. The van der Waals surface area contributed by atoms with Crippen molar-refractivity contribution in [1.82, 2.24) is 19.8 Å². The molecule has 0 radical (unpaired) electrons. The third-order valence-corrected chi connectivity index (χ3v) is 5.95. The molecule has 1 aromatic carbocycles. The molecule has 0 spiro atoms. The van der Waals surface area contributed by atoms with Gasteiger partial charge in [0.1, 0.15) is 5.82 Å². The summed E-state index contributed by atoms with van der Waals surface area (Å²) in [4.78, 5) is 28.8. The zero-order valence-corrected chi connectivity index (χ0v) is 17.1. The molecule has 3 heterocycles. The molecule has 6 heteroatoms. The SMILES string of the molecule is CN1CCC(c2ncc3c(n2)CCN(C(=O)c2ccc(N(C)C)cc2)C3)CC1. The summed E-state index contributed by atoms with van der Waals surface area (Å²) in [6.07, 6.45) is 5.01. The number of hydrogen-bond acceptors (Lipinski definition) is 5. The van der Waals surface area contributed by atoms with E-state index in [2.05, 4.69) is 16.9 Å². The van der Waals surface area contributed by atoms with E-state index in [0.717, 1.165) is 60.7 Å². The van der Waals surface area contributed by atoms with Gasteiger partial charge in [-0.2, -0.15) is 0 Å². The molecule has 1 aromatic heterocycles. The summed E-state index contributed by atoms with van der Waals surface area (Å²) in [6.45, 7) is 3.53. The van der Waals surface area contributed by atoms with E-state index in [1.165, 1.54) is 0 Å². The number of fused-ring (bicyclic) bond motifs is 1. The summed E-state index contributed by atoms with van der Waals surface area (Å²) < 4.78 is 0. The molecule has 1 amide bonds. The van der Waals surface area contributed by atoms with Gasteiger partial charge in [0.25, 0.3) is 5.91 Å². The highest BCUT2D eigenvalue weighted by Crippen LogP contribution is 2.27. The molecular weight excluding hydrogens is 350 g/mol. The molecular formula is C22H29N5O. The van der Waals surface area contributed by atoms with Crippen molar-refractivity contribution in [3.8, 4) is 0 Å². The number of benzene rings is 1. The fraction of sp³-hybridized carbons (Fsp3) is 0.500. The summed E-state index contributed by atoms with van der Waals surface area (Å²) in [5.74, 6) is 1.54. The van der Waals surface area contributed by atoms with Crippen molar-refractivity contribution in [2.24, 2.45) is 0 Å². The van der Waals surface area contributed by atoms with Gasteiger partial charge < -0.3 is 14.7 Å². The second-order valence-electron chi connectivity index (χ2n) is 8.20. The molecule has 1 fully saturated rings. The predicted octanol–water partition coefficient (Wildman–Crippen LogP) is 2.55. The molecule has 6 nitrogen and oxygen atoms in total. The van der Waals surface area contributed by atoms with Gasteiger partial charge in [0.05, 0.1) is 5.69 Å². The fourth-order valence-corrected chi connectivity index (χ4v) is 4.05. The van der Waals surface area contributed by atoms with Gasteiger partial charge in [-0.05, 0) is 57.2 Å². The molecule has 0 bridgehead atoms. The van der Waals surface area contributed by atoms with Crippen LogP contribution in [0, 0.1) is 0 Å². The number of amides is 1. The lowest BCUT2D eigenvalue weighted by molar-refractivity contribution is 0.0733. The smallest absolute Gasteiger partial charge is 0.254 e. The Balaban J connectivity index is 1.45. The van der Waals surface area contributed by atoms with Crippen LogP contribution in [-0.2, 0) is 13.0 Å². The van der Waals surface area contributed by atoms with Crippen molar-refractivity contribution in [2.75, 3.05) is 45.7 Å². The number of carbonyl (C=O) groups is 1. The largest absolute Gasteiger partial charge is 0.378 e. The van der Waals surface area contributed by atoms with Gasteiger partial charge in [-0.3, -0.25) is 4.79 Å². The maximum absolute atomic E-state index is 12.9. The highest BCUT2D eigenvalue weighted by atomic mass is 16.2. The van der Waals surface area contributed by atoms with Crippen molar-refractivity contribution in [2.45, 2.75) is 31.7 Å². The van der Waals surface area contributed by atoms with E-state index in [9.17, 15) is 4.79 Å². The zero-order chi connectivity index (χ0) is 19.7. The normalized spacial score (nSPS) is 18.0. The number of piperidine rings is 1. The summed E-state index contributed by atoms with van der Waals surface area (Å²) in [7, 11) is 6.17. The lowest BCUT2D eigenvalue weighted by Crippen LogP contribution is -2.37. The molecule has 0 unspecified atom stereocenters. The Kier molecular flexibility index (Phi) is 5.31. The molecule has 4 rings (SSSR count). The van der Waals surface area contributed by atoms with Crippen LogP contribution in [0.15, 0.2) is 30.5 Å². The van der Waals surface area contributed by atoms with Crippen LogP contribution < -0.4 is 4.90 Å². The van der Waals surface area contributed by atoms with Gasteiger partial charge >= 0.3 is 0 Å². The van der Waals surface area contributed by atoms with Crippen LogP contribution in [0.4, 0.5) is 5.69 Å². The van der Waals surface area contributed by atoms with E-state index in [1.807, 2.05) is 54.4 Å². The van der Waals surface area contributed by atoms with Gasteiger partial charge in [0, 0.05) is 62.5 Å². The standard InChI is InChI=1S/C22H29N5O/c1-25(2)19-6-4-17(5-7-19)22(28)27-13-10-20-18(15-27)14-23-21(24-20)16-8-11-26(3)12-9-16/h4-7,14,16H,8-13,15H2,1-3H3. The molecule has 0 aliphatic carbocycles. The molecule has 0 saturated carbocycles. The third kappa shape index (κ3) is 3.87. The van der Waals surface area contributed by atoms with Crippen LogP contribution in [0.25, 0.3) is 0 Å². The van der Waals surface area contributed by atoms with E-state index in [1.54, 1.807) is 0 Å². The number of likely N-dealkylation sites (tertiary alicyclic amines) is 1. The van der Waals surface area contributed by atoms with Crippen LogP contribution in [-0.4, -0.2) is 66.5 Å². The van der Waals surface area contributed by atoms with Crippen molar-refractivity contribution in [1.29, 1.82) is 0 Å². The van der Waals surface area contributed by atoms with E-state index < -0.39 is 0 Å². The van der Waals surface area contributed by atoms with Gasteiger partial charge in [-0.15, -0.1) is 0 Å². The number of carbonyl (C=O) groups excluding carboxylic acids is 1. The Hall–Kier alpha value is -2.47. The highest BCUT2D eigenvalue weighted by Gasteiger charge is 2.26. The molecule has 148 valence electrons. The molecule has 1 saturated heterocycles. The second kappa shape index (κ2) is 7.87. The lowest BCUT2D eigenvalue weighted by atomic mass is 9.95. The van der Waals surface area contributed by atoms with Crippen LogP contribution in [0.1, 0.15) is 46.2 Å². The first-order valence-corrected chi connectivity index (χ1v) is 10.1. The maximum Gasteiger partial charge on any atom is 0.254 e. The first kappa shape index (κ1) is 18.9. The molecule has 2 aliphatic heterocycles. The van der Waals surface area contributed by atoms with E-state index in [4.69, 9.17) is 4.98 Å². The summed E-state index contributed by atoms with van der Waals surface area (Å²) in [6, 6.07) is 7.80. The summed E-state index contributed by atoms with van der Waals surface area (Å²) >= 11 is 0. The molecule has 2 aromatic rings. The topological polar surface area (TPSA) is 52.6 Å². The fourth-order valence-electron chi connectivity index (χ4n) is 4.05. The van der Waals surface area contributed by atoms with Crippen LogP contribution in [0.3, 0.4) is 0 Å². The number of nitrogens with zero attached hydrogens (tertiary/aromatic N) is 5. The minimum absolute atomic E-state index is 0.0790. The predicted molar refractivity (Wildman–Crippen MR) is 111 cm³/mol. The van der Waals surface area contributed by atoms with Crippen LogP contribution in [0.2, 0.25) is 0 Å². The number of anilines is 1. The average molecular weight is 380 g/mol. The maximum atomic E-state index is 12.9. The highest BCUT2D eigenvalue weighted by molar-refractivity contribution is 5.94. The quantitative estimate of drug-likeness (QED) is 0.820. The lowest BCUT2D eigenvalue weighted by Gasteiger charge is -2.30. The van der Waals surface area contributed by atoms with Gasteiger partial charge in [-0.1, -0.05) is 0 Å². The Labute approximate surface area is 167 Å². The zero-order valence-electron chi connectivity index (χ0n) is 17.1. The molecule has 0 N–H and O–H groups in total. The number of hydrogen-bond donors (Lipinski definition) is 0.